The van der Waals surface area contributed by atoms with Crippen LogP contribution in [-0.2, 0) is 0 Å². The van der Waals surface area contributed by atoms with Crippen molar-refractivity contribution in [2.75, 3.05) is 0 Å². The molecule has 0 amide bonds. The molecule has 50 valence electrons. The standard InChI is InChI=1S/C6H4N2O2/c9-6-4-3-7-8-5(4)1-2-10-6/h1-3H,(H,7,8). The van der Waals surface area contributed by atoms with E-state index in [1.165, 1.54) is 12.5 Å². The average molecular weight is 136 g/mol. The summed E-state index contributed by atoms with van der Waals surface area (Å²) in [7, 11) is 0. The first-order chi connectivity index (χ1) is 4.88. The van der Waals surface area contributed by atoms with Crippen LogP contribution in [0.3, 0.4) is 0 Å². The molecule has 0 unspecified atom stereocenters. The Morgan fingerprint density at radius 2 is 2.50 bits per heavy atom. The molecule has 0 atom stereocenters. The highest BCUT2D eigenvalue weighted by Crippen LogP contribution is 2.01. The third kappa shape index (κ3) is 0.556. The Labute approximate surface area is 55.5 Å². The summed E-state index contributed by atoms with van der Waals surface area (Å²) in [4.78, 5) is 10.8. The molecule has 0 aliphatic heterocycles. The second-order valence-corrected chi connectivity index (χ2v) is 1.91. The summed E-state index contributed by atoms with van der Waals surface area (Å²) in [5.74, 6) is 0. The molecule has 2 aromatic rings. The predicted molar refractivity (Wildman–Crippen MR) is 34.6 cm³/mol. The van der Waals surface area contributed by atoms with Gasteiger partial charge in [0.1, 0.15) is 5.39 Å². The number of nitrogens with zero attached hydrogens (tertiary/aromatic N) is 1. The van der Waals surface area contributed by atoms with Crippen LogP contribution in [0.1, 0.15) is 0 Å². The number of nitrogens with one attached hydrogen (secondary N) is 1. The van der Waals surface area contributed by atoms with Crippen LogP contribution in [-0.4, -0.2) is 10.2 Å². The van der Waals surface area contributed by atoms with Gasteiger partial charge < -0.3 is 4.42 Å². The monoisotopic (exact) mass is 136 g/mol. The van der Waals surface area contributed by atoms with E-state index in [9.17, 15) is 4.79 Å². The van der Waals surface area contributed by atoms with Gasteiger partial charge in [-0.2, -0.15) is 5.10 Å². The molecule has 0 saturated carbocycles. The van der Waals surface area contributed by atoms with Gasteiger partial charge in [-0.05, 0) is 6.07 Å². The lowest BCUT2D eigenvalue weighted by Gasteiger charge is -1.81. The van der Waals surface area contributed by atoms with Crippen molar-refractivity contribution in [1.29, 1.82) is 0 Å². The van der Waals surface area contributed by atoms with Gasteiger partial charge in [0.15, 0.2) is 0 Å². The average Bonchev–Trinajstić information content (AvgIpc) is 2.36. The molecule has 0 aliphatic rings. The lowest BCUT2D eigenvalue weighted by molar-refractivity contribution is 0.519. The van der Waals surface area contributed by atoms with Crippen molar-refractivity contribution >= 4 is 10.9 Å². The van der Waals surface area contributed by atoms with Crippen molar-refractivity contribution in [3.63, 3.8) is 0 Å². The van der Waals surface area contributed by atoms with Gasteiger partial charge in [0.2, 0.25) is 0 Å². The highest BCUT2D eigenvalue weighted by molar-refractivity contribution is 5.75. The second kappa shape index (κ2) is 1.70. The molecule has 2 heterocycles. The molecule has 2 aromatic heterocycles. The van der Waals surface area contributed by atoms with Crippen LogP contribution in [0.2, 0.25) is 0 Å². The molecule has 4 heteroatoms. The van der Waals surface area contributed by atoms with E-state index < -0.39 is 0 Å². The fraction of sp³-hybridized carbons (Fsp3) is 0. The fourth-order valence-electron chi connectivity index (χ4n) is 0.813. The fourth-order valence-corrected chi connectivity index (χ4v) is 0.813. The van der Waals surface area contributed by atoms with Gasteiger partial charge >= 0.3 is 5.63 Å². The van der Waals surface area contributed by atoms with Gasteiger partial charge in [-0.1, -0.05) is 0 Å². The molecule has 0 aliphatic carbocycles. The molecule has 0 radical (unpaired) electrons. The quantitative estimate of drug-likeness (QED) is 0.574. The Morgan fingerprint density at radius 1 is 1.60 bits per heavy atom. The molecule has 0 fully saturated rings. The Morgan fingerprint density at radius 3 is 3.30 bits per heavy atom. The van der Waals surface area contributed by atoms with E-state index in [1.54, 1.807) is 6.07 Å². The topological polar surface area (TPSA) is 58.9 Å². The molecular formula is C6H4N2O2. The molecule has 10 heavy (non-hydrogen) atoms. The lowest BCUT2D eigenvalue weighted by atomic mass is 10.4. The number of fused-ring (bicyclic) bond motifs is 1. The molecule has 4 nitrogen and oxygen atoms in total. The predicted octanol–water partition coefficient (Wildman–Crippen LogP) is 0.516. The van der Waals surface area contributed by atoms with Crippen molar-refractivity contribution in [3.8, 4) is 0 Å². The molecule has 0 bridgehead atoms. The van der Waals surface area contributed by atoms with Crippen LogP contribution in [0.4, 0.5) is 0 Å². The Kier molecular flexibility index (Phi) is 0.887. The summed E-state index contributed by atoms with van der Waals surface area (Å²) in [6.45, 7) is 0. The van der Waals surface area contributed by atoms with Crippen molar-refractivity contribution in [2.24, 2.45) is 0 Å². The number of hydrogen-bond acceptors (Lipinski definition) is 3. The largest absolute Gasteiger partial charge is 0.431 e. The number of aromatic nitrogens is 2. The molecule has 0 saturated heterocycles. The van der Waals surface area contributed by atoms with Crippen LogP contribution in [0, 0.1) is 0 Å². The van der Waals surface area contributed by atoms with Gasteiger partial charge in [-0.3, -0.25) is 5.10 Å². The van der Waals surface area contributed by atoms with E-state index in [1.807, 2.05) is 0 Å². The zero-order valence-corrected chi connectivity index (χ0v) is 5.00. The highest BCUT2D eigenvalue weighted by Gasteiger charge is 1.98. The minimum atomic E-state index is -0.355. The number of H-pyrrole nitrogens is 1. The SMILES string of the molecule is O=c1occc2[nH]ncc12. The van der Waals surface area contributed by atoms with Crippen LogP contribution < -0.4 is 5.63 Å². The summed E-state index contributed by atoms with van der Waals surface area (Å²) in [6, 6.07) is 1.66. The van der Waals surface area contributed by atoms with Gasteiger partial charge in [0.25, 0.3) is 0 Å². The van der Waals surface area contributed by atoms with Crippen molar-refractivity contribution in [1.82, 2.24) is 10.2 Å². The smallest absolute Gasteiger partial charge is 0.346 e. The minimum absolute atomic E-state index is 0.355. The maximum atomic E-state index is 10.8. The third-order valence-corrected chi connectivity index (χ3v) is 1.30. The van der Waals surface area contributed by atoms with E-state index in [4.69, 9.17) is 0 Å². The van der Waals surface area contributed by atoms with E-state index in [0.29, 0.717) is 10.9 Å². The van der Waals surface area contributed by atoms with Crippen molar-refractivity contribution < 1.29 is 4.42 Å². The van der Waals surface area contributed by atoms with E-state index >= 15 is 0 Å². The van der Waals surface area contributed by atoms with Gasteiger partial charge in [-0.15, -0.1) is 0 Å². The maximum Gasteiger partial charge on any atom is 0.346 e. The Balaban J connectivity index is 3.09. The summed E-state index contributed by atoms with van der Waals surface area (Å²) in [5, 5.41) is 6.82. The van der Waals surface area contributed by atoms with Crippen molar-refractivity contribution in [3.05, 3.63) is 28.9 Å². The Hall–Kier alpha value is -1.58. The van der Waals surface area contributed by atoms with E-state index in [0.717, 1.165) is 0 Å². The zero-order valence-electron chi connectivity index (χ0n) is 5.00. The van der Waals surface area contributed by atoms with Crippen LogP contribution in [0.25, 0.3) is 10.9 Å². The molecule has 0 aromatic carbocycles. The van der Waals surface area contributed by atoms with Crippen LogP contribution >= 0.6 is 0 Å². The van der Waals surface area contributed by atoms with Crippen LogP contribution in [0.15, 0.2) is 27.7 Å². The molecule has 0 spiro atoms. The van der Waals surface area contributed by atoms with Gasteiger partial charge in [0.05, 0.1) is 18.0 Å². The molecule has 2 rings (SSSR count). The van der Waals surface area contributed by atoms with Crippen LogP contribution in [0.5, 0.6) is 0 Å². The highest BCUT2D eigenvalue weighted by atomic mass is 16.4. The first kappa shape index (κ1) is 5.22. The number of hydrogen-bond donors (Lipinski definition) is 1. The van der Waals surface area contributed by atoms with Gasteiger partial charge in [-0.25, -0.2) is 4.79 Å². The molecular weight excluding hydrogens is 132 g/mol. The maximum absolute atomic E-state index is 10.8. The first-order valence-electron chi connectivity index (χ1n) is 2.79. The number of rotatable bonds is 0. The zero-order chi connectivity index (χ0) is 6.97. The molecule has 1 N–H and O–H groups in total. The third-order valence-electron chi connectivity index (χ3n) is 1.30. The van der Waals surface area contributed by atoms with Crippen molar-refractivity contribution in [2.45, 2.75) is 0 Å². The minimum Gasteiger partial charge on any atom is -0.431 e. The summed E-state index contributed by atoms with van der Waals surface area (Å²) >= 11 is 0. The summed E-state index contributed by atoms with van der Waals surface area (Å²) in [5.41, 5.74) is 0.350. The number of aromatic amines is 1. The normalized spacial score (nSPS) is 10.4. The van der Waals surface area contributed by atoms with E-state index in [-0.39, 0.29) is 5.63 Å². The summed E-state index contributed by atoms with van der Waals surface area (Å²) in [6.07, 6.45) is 2.78. The summed E-state index contributed by atoms with van der Waals surface area (Å²) < 4.78 is 4.58. The van der Waals surface area contributed by atoms with E-state index in [2.05, 4.69) is 14.6 Å². The second-order valence-electron chi connectivity index (χ2n) is 1.91. The van der Waals surface area contributed by atoms with Gasteiger partial charge in [0, 0.05) is 0 Å². The lowest BCUT2D eigenvalue weighted by Crippen LogP contribution is -1.94. The first-order valence-corrected chi connectivity index (χ1v) is 2.79. The Bertz CT molecular complexity index is 401.